The first-order valence-corrected chi connectivity index (χ1v) is 8.39. The first kappa shape index (κ1) is 15.1. The van der Waals surface area contributed by atoms with Gasteiger partial charge >= 0.3 is 8.80 Å². The van der Waals surface area contributed by atoms with Crippen LogP contribution in [0.15, 0.2) is 0 Å². The Labute approximate surface area is 107 Å². The molecule has 0 amide bonds. The number of nitrogens with zero attached hydrogens (tertiary/aromatic N) is 1. The molecule has 1 rings (SSSR count). The van der Waals surface area contributed by atoms with Gasteiger partial charge in [0.05, 0.1) is 0 Å². The summed E-state index contributed by atoms with van der Waals surface area (Å²) < 4.78 is 17.8. The maximum Gasteiger partial charge on any atom is 0.501 e. The Balaban J connectivity index is 2.46. The number of rotatable bonds is 6. The molecule has 0 aliphatic carbocycles. The van der Waals surface area contributed by atoms with Gasteiger partial charge in [-0.2, -0.15) is 0 Å². The van der Waals surface area contributed by atoms with E-state index in [-0.39, 0.29) is 5.41 Å². The lowest BCUT2D eigenvalue weighted by Crippen LogP contribution is -2.54. The third kappa shape index (κ3) is 5.05. The molecule has 0 saturated carbocycles. The molecule has 1 fully saturated rings. The van der Waals surface area contributed by atoms with Crippen LogP contribution in [0.5, 0.6) is 0 Å². The van der Waals surface area contributed by atoms with Crippen LogP contribution in [-0.4, -0.2) is 54.2 Å². The van der Waals surface area contributed by atoms with Crippen molar-refractivity contribution in [2.24, 2.45) is 5.41 Å². The molecule has 0 aromatic heterocycles. The van der Waals surface area contributed by atoms with Crippen molar-refractivity contribution in [3.05, 3.63) is 0 Å². The fourth-order valence-corrected chi connectivity index (χ4v) is 4.76. The highest BCUT2D eigenvalue weighted by Crippen LogP contribution is 2.30. The highest BCUT2D eigenvalue weighted by Gasteiger charge is 2.46. The molecule has 102 valence electrons. The Morgan fingerprint density at radius 1 is 1.24 bits per heavy atom. The summed E-state index contributed by atoms with van der Waals surface area (Å²) in [6.07, 6.45) is 1.07. The van der Waals surface area contributed by atoms with Crippen LogP contribution < -0.4 is 0 Å². The van der Waals surface area contributed by atoms with Crippen molar-refractivity contribution in [3.63, 3.8) is 0 Å². The molecular weight excluding hydrogens is 234 g/mol. The Bertz CT molecular complexity index is 224. The molecular formula is C12H27NO3Si. The van der Waals surface area contributed by atoms with E-state index in [9.17, 15) is 0 Å². The van der Waals surface area contributed by atoms with E-state index in [2.05, 4.69) is 32.8 Å². The fourth-order valence-electron chi connectivity index (χ4n) is 1.83. The van der Waals surface area contributed by atoms with Crippen LogP contribution in [0.2, 0.25) is 6.04 Å². The Kier molecular flexibility index (Phi) is 5.59. The topological polar surface area (TPSA) is 30.9 Å². The van der Waals surface area contributed by atoms with Crippen molar-refractivity contribution < 1.29 is 13.3 Å². The average Bonchev–Trinajstić information content (AvgIpc) is 2.23. The van der Waals surface area contributed by atoms with Crippen molar-refractivity contribution in [2.45, 2.75) is 33.2 Å². The molecule has 0 bridgehead atoms. The maximum absolute atomic E-state index is 5.98. The third-order valence-corrected chi connectivity index (χ3v) is 5.68. The van der Waals surface area contributed by atoms with Gasteiger partial charge in [-0.15, -0.1) is 0 Å². The zero-order valence-electron chi connectivity index (χ0n) is 11.9. The molecule has 0 unspecified atom stereocenters. The Morgan fingerprint density at radius 2 is 1.82 bits per heavy atom. The first-order valence-electron chi connectivity index (χ1n) is 6.46. The van der Waals surface area contributed by atoms with Gasteiger partial charge in [-0.05, 0) is 34.0 Å². The fraction of sp³-hybridized carbons (Fsp3) is 1.00. The SMILES string of the molecule is CCO[Si]1(CCCN(C)C)OCC(C)(C)CO1. The van der Waals surface area contributed by atoms with Crippen molar-refractivity contribution >= 4 is 8.80 Å². The van der Waals surface area contributed by atoms with Crippen molar-refractivity contribution in [2.75, 3.05) is 40.5 Å². The first-order chi connectivity index (χ1) is 7.89. The molecule has 17 heavy (non-hydrogen) atoms. The number of hydrogen-bond donors (Lipinski definition) is 0. The second-order valence-corrected chi connectivity index (χ2v) is 8.50. The molecule has 1 aliphatic rings. The smallest absolute Gasteiger partial charge is 0.374 e. The highest BCUT2D eigenvalue weighted by atomic mass is 28.4. The van der Waals surface area contributed by atoms with Gasteiger partial charge in [-0.3, -0.25) is 0 Å². The second kappa shape index (κ2) is 6.29. The minimum atomic E-state index is -2.37. The molecule has 0 radical (unpaired) electrons. The molecule has 0 atom stereocenters. The molecule has 0 aromatic carbocycles. The maximum atomic E-state index is 5.98. The number of hydrogen-bond acceptors (Lipinski definition) is 4. The average molecular weight is 261 g/mol. The lowest BCUT2D eigenvalue weighted by Gasteiger charge is -2.40. The molecule has 0 aromatic rings. The monoisotopic (exact) mass is 261 g/mol. The van der Waals surface area contributed by atoms with E-state index in [1.54, 1.807) is 0 Å². The largest absolute Gasteiger partial charge is 0.501 e. The summed E-state index contributed by atoms with van der Waals surface area (Å²) in [5.74, 6) is 0. The predicted octanol–water partition coefficient (Wildman–Crippen LogP) is 1.99. The summed E-state index contributed by atoms with van der Waals surface area (Å²) in [4.78, 5) is 2.18. The van der Waals surface area contributed by atoms with Gasteiger partial charge in [0.1, 0.15) is 0 Å². The Morgan fingerprint density at radius 3 is 2.29 bits per heavy atom. The lowest BCUT2D eigenvalue weighted by molar-refractivity contribution is -0.0412. The summed E-state index contributed by atoms with van der Waals surface area (Å²) in [6, 6.07) is 0.926. The van der Waals surface area contributed by atoms with Crippen molar-refractivity contribution in [1.82, 2.24) is 4.90 Å². The van der Waals surface area contributed by atoms with Crippen molar-refractivity contribution in [1.29, 1.82) is 0 Å². The van der Waals surface area contributed by atoms with Crippen LogP contribution >= 0.6 is 0 Å². The van der Waals surface area contributed by atoms with Gasteiger partial charge in [0.2, 0.25) is 0 Å². The van der Waals surface area contributed by atoms with Gasteiger partial charge in [0.25, 0.3) is 0 Å². The van der Waals surface area contributed by atoms with Crippen LogP contribution in [0, 0.1) is 5.41 Å². The predicted molar refractivity (Wildman–Crippen MR) is 71.0 cm³/mol. The van der Waals surface area contributed by atoms with Crippen LogP contribution in [0.25, 0.3) is 0 Å². The minimum Gasteiger partial charge on any atom is -0.374 e. The van der Waals surface area contributed by atoms with Gasteiger partial charge in [-0.1, -0.05) is 13.8 Å². The quantitative estimate of drug-likeness (QED) is 0.684. The van der Waals surface area contributed by atoms with E-state index >= 15 is 0 Å². The summed E-state index contributed by atoms with van der Waals surface area (Å²) in [5.41, 5.74) is 0.120. The van der Waals surface area contributed by atoms with E-state index in [0.29, 0.717) is 6.61 Å². The Hall–Kier alpha value is 0.0569. The summed E-state index contributed by atoms with van der Waals surface area (Å²) in [6.45, 7) is 9.57. The van der Waals surface area contributed by atoms with Gasteiger partial charge in [-0.25, -0.2) is 0 Å². The standard InChI is InChI=1S/C12H27NO3Si/c1-6-14-17(9-7-8-13(4)5)15-10-12(2,3)11-16-17/h6-11H2,1-5H3. The molecule has 0 N–H and O–H groups in total. The van der Waals surface area contributed by atoms with Gasteiger partial charge in [0.15, 0.2) is 0 Å². The van der Waals surface area contributed by atoms with E-state index in [1.165, 1.54) is 0 Å². The molecule has 4 nitrogen and oxygen atoms in total. The highest BCUT2D eigenvalue weighted by molar-refractivity contribution is 6.60. The van der Waals surface area contributed by atoms with Gasteiger partial charge < -0.3 is 18.2 Å². The summed E-state index contributed by atoms with van der Waals surface area (Å²) in [5, 5.41) is 0. The molecule has 1 saturated heterocycles. The molecule has 0 spiro atoms. The van der Waals surface area contributed by atoms with E-state index < -0.39 is 8.80 Å². The van der Waals surface area contributed by atoms with Crippen LogP contribution in [0.4, 0.5) is 0 Å². The van der Waals surface area contributed by atoms with E-state index in [0.717, 1.165) is 32.2 Å². The zero-order valence-corrected chi connectivity index (χ0v) is 12.9. The molecule has 1 aliphatic heterocycles. The normalized spacial score (nSPS) is 22.9. The van der Waals surface area contributed by atoms with Crippen molar-refractivity contribution in [3.8, 4) is 0 Å². The van der Waals surface area contributed by atoms with Crippen LogP contribution in [0.1, 0.15) is 27.2 Å². The molecule has 1 heterocycles. The minimum absolute atomic E-state index is 0.120. The molecule has 5 heteroatoms. The van der Waals surface area contributed by atoms with Crippen LogP contribution in [-0.2, 0) is 13.3 Å². The lowest BCUT2D eigenvalue weighted by atomic mass is 9.97. The summed E-state index contributed by atoms with van der Waals surface area (Å²) >= 11 is 0. The van der Waals surface area contributed by atoms with Gasteiger partial charge in [0, 0.05) is 31.3 Å². The third-order valence-electron chi connectivity index (χ3n) is 2.82. The van der Waals surface area contributed by atoms with E-state index in [4.69, 9.17) is 13.3 Å². The van der Waals surface area contributed by atoms with E-state index in [1.807, 2.05) is 6.92 Å². The van der Waals surface area contributed by atoms with Crippen LogP contribution in [0.3, 0.4) is 0 Å². The summed E-state index contributed by atoms with van der Waals surface area (Å²) in [7, 11) is 1.80. The second-order valence-electron chi connectivity index (χ2n) is 5.76. The zero-order chi connectivity index (χ0) is 12.9.